The van der Waals surface area contributed by atoms with Gasteiger partial charge in [0.15, 0.2) is 0 Å². The van der Waals surface area contributed by atoms with E-state index in [9.17, 15) is 8.42 Å². The van der Waals surface area contributed by atoms with Crippen molar-refractivity contribution in [1.82, 2.24) is 13.9 Å². The Morgan fingerprint density at radius 2 is 1.96 bits per heavy atom. The van der Waals surface area contributed by atoms with Crippen LogP contribution in [0.3, 0.4) is 0 Å². The van der Waals surface area contributed by atoms with E-state index in [1.807, 2.05) is 49.0 Å². The summed E-state index contributed by atoms with van der Waals surface area (Å²) in [5, 5.41) is 1.21. The molecule has 0 fully saturated rings. The number of aryl methyl sites for hydroxylation is 2. The summed E-state index contributed by atoms with van der Waals surface area (Å²) in [5.41, 5.74) is 10.6. The number of hydrogen-bond acceptors (Lipinski definition) is 6. The van der Waals surface area contributed by atoms with Crippen LogP contribution in [0, 0.1) is 6.92 Å². The molecule has 0 aliphatic heterocycles. The minimum Gasteiger partial charge on any atom is -0.399 e. The second kappa shape index (κ2) is 6.36. The Kier molecular flexibility index (Phi) is 4.12. The second-order valence-electron chi connectivity index (χ2n) is 6.26. The van der Waals surface area contributed by atoms with Crippen LogP contribution in [0.15, 0.2) is 53.8 Å². The standard InChI is InChI=1S/C18H17N5O2S2/c1-11-7-12(19)3-5-14(11)16-9-23(2)17-8-13(4-6-15(16)17)27(24,25)22-18-20-10-21-26-18/h3-10H,19H2,1-2H3,(H,20,21,22). The van der Waals surface area contributed by atoms with E-state index in [2.05, 4.69) is 14.1 Å². The van der Waals surface area contributed by atoms with Gasteiger partial charge in [-0.25, -0.2) is 13.4 Å². The van der Waals surface area contributed by atoms with Crippen LogP contribution < -0.4 is 10.5 Å². The summed E-state index contributed by atoms with van der Waals surface area (Å²) in [4.78, 5) is 4.04. The van der Waals surface area contributed by atoms with Crippen LogP contribution >= 0.6 is 11.5 Å². The maximum atomic E-state index is 12.6. The number of nitrogens with zero attached hydrogens (tertiary/aromatic N) is 3. The number of hydrogen-bond donors (Lipinski definition) is 2. The van der Waals surface area contributed by atoms with Gasteiger partial charge in [-0.3, -0.25) is 4.72 Å². The average Bonchev–Trinajstić information content (AvgIpc) is 3.22. The molecule has 0 unspecified atom stereocenters. The number of nitrogens with one attached hydrogen (secondary N) is 1. The van der Waals surface area contributed by atoms with Crippen molar-refractivity contribution in [2.24, 2.45) is 7.05 Å². The lowest BCUT2D eigenvalue weighted by atomic mass is 9.99. The molecule has 0 amide bonds. The zero-order valence-corrected chi connectivity index (χ0v) is 16.3. The van der Waals surface area contributed by atoms with E-state index in [-0.39, 0.29) is 10.0 Å². The highest BCUT2D eigenvalue weighted by molar-refractivity contribution is 7.93. The maximum absolute atomic E-state index is 12.6. The summed E-state index contributed by atoms with van der Waals surface area (Å²) >= 11 is 0.989. The monoisotopic (exact) mass is 399 g/mol. The number of benzene rings is 2. The SMILES string of the molecule is Cc1cc(N)ccc1-c1cn(C)c2cc(S(=O)(=O)Nc3ncns3)ccc12. The number of aromatic nitrogens is 3. The van der Waals surface area contributed by atoms with E-state index in [0.717, 1.165) is 39.1 Å². The number of anilines is 2. The van der Waals surface area contributed by atoms with E-state index < -0.39 is 10.0 Å². The van der Waals surface area contributed by atoms with Gasteiger partial charge in [0.05, 0.1) is 4.90 Å². The molecule has 138 valence electrons. The number of rotatable bonds is 4. The quantitative estimate of drug-likeness (QED) is 0.512. The van der Waals surface area contributed by atoms with Crippen LogP contribution in [0.25, 0.3) is 22.0 Å². The van der Waals surface area contributed by atoms with Crippen molar-refractivity contribution in [3.8, 4) is 11.1 Å². The Morgan fingerprint density at radius 3 is 2.67 bits per heavy atom. The lowest BCUT2D eigenvalue weighted by molar-refractivity contribution is 0.601. The Labute approximate surface area is 160 Å². The van der Waals surface area contributed by atoms with Crippen molar-refractivity contribution < 1.29 is 8.42 Å². The van der Waals surface area contributed by atoms with Gasteiger partial charge in [0.1, 0.15) is 6.33 Å². The third kappa shape index (κ3) is 3.15. The summed E-state index contributed by atoms with van der Waals surface area (Å²) < 4.78 is 33.4. The molecular formula is C18H17N5O2S2. The molecule has 0 saturated heterocycles. The minimum absolute atomic E-state index is 0.173. The van der Waals surface area contributed by atoms with E-state index >= 15 is 0 Å². The molecule has 0 saturated carbocycles. The van der Waals surface area contributed by atoms with Gasteiger partial charge in [-0.05, 0) is 42.3 Å². The summed E-state index contributed by atoms with van der Waals surface area (Å²) in [5.74, 6) is 0. The van der Waals surface area contributed by atoms with Gasteiger partial charge in [-0.1, -0.05) is 12.1 Å². The van der Waals surface area contributed by atoms with E-state index in [4.69, 9.17) is 5.73 Å². The first-order valence-corrected chi connectivity index (χ1v) is 10.4. The maximum Gasteiger partial charge on any atom is 0.263 e. The largest absolute Gasteiger partial charge is 0.399 e. The van der Waals surface area contributed by atoms with Crippen LogP contribution in [0.4, 0.5) is 10.8 Å². The molecule has 0 atom stereocenters. The summed E-state index contributed by atoms with van der Waals surface area (Å²) in [7, 11) is -1.84. The highest BCUT2D eigenvalue weighted by Crippen LogP contribution is 2.34. The van der Waals surface area contributed by atoms with Crippen molar-refractivity contribution in [2.45, 2.75) is 11.8 Å². The molecule has 7 nitrogen and oxygen atoms in total. The highest BCUT2D eigenvalue weighted by atomic mass is 32.2. The molecule has 27 heavy (non-hydrogen) atoms. The molecule has 2 aromatic heterocycles. The first kappa shape index (κ1) is 17.5. The Bertz CT molecular complexity index is 1240. The normalized spacial score (nSPS) is 11.8. The van der Waals surface area contributed by atoms with Gasteiger partial charge in [0, 0.05) is 46.9 Å². The van der Waals surface area contributed by atoms with E-state index in [1.54, 1.807) is 12.1 Å². The van der Waals surface area contributed by atoms with Crippen LogP contribution in [-0.2, 0) is 17.1 Å². The molecule has 2 aromatic carbocycles. The van der Waals surface area contributed by atoms with Crippen molar-refractivity contribution in [1.29, 1.82) is 0 Å². The number of sulfonamides is 1. The molecule has 9 heteroatoms. The molecule has 4 rings (SSSR count). The molecular weight excluding hydrogens is 382 g/mol. The topological polar surface area (TPSA) is 103 Å². The van der Waals surface area contributed by atoms with Gasteiger partial charge < -0.3 is 10.3 Å². The van der Waals surface area contributed by atoms with E-state index in [1.165, 1.54) is 6.33 Å². The van der Waals surface area contributed by atoms with Gasteiger partial charge in [0.25, 0.3) is 10.0 Å². The lowest BCUT2D eigenvalue weighted by Gasteiger charge is -2.07. The summed E-state index contributed by atoms with van der Waals surface area (Å²) in [6, 6.07) is 10.9. The number of nitrogen functional groups attached to an aromatic ring is 1. The van der Waals surface area contributed by atoms with Gasteiger partial charge in [-0.15, -0.1) is 0 Å². The summed E-state index contributed by atoms with van der Waals surface area (Å²) in [6.45, 7) is 2.01. The van der Waals surface area contributed by atoms with Crippen LogP contribution in [0.5, 0.6) is 0 Å². The Morgan fingerprint density at radius 1 is 1.15 bits per heavy atom. The molecule has 0 radical (unpaired) electrons. The molecule has 2 heterocycles. The summed E-state index contributed by atoms with van der Waals surface area (Å²) in [6.07, 6.45) is 3.31. The zero-order chi connectivity index (χ0) is 19.2. The Hall–Kier alpha value is -2.91. The van der Waals surface area contributed by atoms with Crippen molar-refractivity contribution in [3.05, 3.63) is 54.5 Å². The van der Waals surface area contributed by atoms with Crippen molar-refractivity contribution >= 4 is 43.3 Å². The zero-order valence-electron chi connectivity index (χ0n) is 14.7. The van der Waals surface area contributed by atoms with Crippen molar-refractivity contribution in [3.63, 3.8) is 0 Å². The fourth-order valence-corrected chi connectivity index (χ4v) is 4.81. The minimum atomic E-state index is -3.73. The van der Waals surface area contributed by atoms with Gasteiger partial charge in [-0.2, -0.15) is 4.37 Å². The predicted octanol–water partition coefficient (Wildman–Crippen LogP) is 3.39. The van der Waals surface area contributed by atoms with Crippen LogP contribution in [0.2, 0.25) is 0 Å². The predicted molar refractivity (Wildman–Crippen MR) is 108 cm³/mol. The molecule has 0 bridgehead atoms. The third-order valence-electron chi connectivity index (χ3n) is 4.40. The fraction of sp³-hybridized carbons (Fsp3) is 0.111. The lowest BCUT2D eigenvalue weighted by Crippen LogP contribution is -2.12. The van der Waals surface area contributed by atoms with E-state index in [0.29, 0.717) is 5.69 Å². The van der Waals surface area contributed by atoms with Crippen LogP contribution in [0.1, 0.15) is 5.56 Å². The fourth-order valence-electron chi connectivity index (χ4n) is 3.13. The Balaban J connectivity index is 1.81. The smallest absolute Gasteiger partial charge is 0.263 e. The average molecular weight is 400 g/mol. The van der Waals surface area contributed by atoms with Crippen molar-refractivity contribution in [2.75, 3.05) is 10.5 Å². The number of fused-ring (bicyclic) bond motifs is 1. The van der Waals surface area contributed by atoms with Gasteiger partial charge >= 0.3 is 0 Å². The van der Waals surface area contributed by atoms with Gasteiger partial charge in [0.2, 0.25) is 5.13 Å². The molecule has 0 aliphatic rings. The number of nitrogens with two attached hydrogens (primary N) is 1. The molecule has 3 N–H and O–H groups in total. The molecule has 0 aliphatic carbocycles. The molecule has 0 spiro atoms. The first-order chi connectivity index (χ1) is 12.8. The third-order valence-corrected chi connectivity index (χ3v) is 6.44. The first-order valence-electron chi connectivity index (χ1n) is 8.10. The molecule has 4 aromatic rings. The van der Waals surface area contributed by atoms with Crippen LogP contribution in [-0.4, -0.2) is 22.3 Å². The highest BCUT2D eigenvalue weighted by Gasteiger charge is 2.19. The second-order valence-corrected chi connectivity index (χ2v) is 8.72.